The summed E-state index contributed by atoms with van der Waals surface area (Å²) in [6.45, 7) is 4.02. The number of anilines is 1. The van der Waals surface area contributed by atoms with Gasteiger partial charge in [-0.1, -0.05) is 6.07 Å². The average Bonchev–Trinajstić information content (AvgIpc) is 3.14. The van der Waals surface area contributed by atoms with Gasteiger partial charge in [-0.05, 0) is 55.3 Å². The number of fused-ring (bicyclic) bond motifs is 1. The quantitative estimate of drug-likeness (QED) is 0.748. The molecule has 0 atom stereocenters. The highest BCUT2D eigenvalue weighted by Crippen LogP contribution is 2.32. The van der Waals surface area contributed by atoms with Crippen LogP contribution in [-0.2, 0) is 6.54 Å². The predicted molar refractivity (Wildman–Crippen MR) is 102 cm³/mol. The van der Waals surface area contributed by atoms with Crippen molar-refractivity contribution in [1.82, 2.24) is 14.8 Å². The number of carbonyl (C=O) groups is 1. The number of carbonyl (C=O) groups excluding carboxylic acids is 1. The molecule has 8 heteroatoms. The second-order valence-electron chi connectivity index (χ2n) is 6.51. The summed E-state index contributed by atoms with van der Waals surface area (Å²) in [5.74, 6) is 1.11. The van der Waals surface area contributed by atoms with E-state index in [1.807, 2.05) is 12.1 Å². The third kappa shape index (κ3) is 3.44. The number of nitrogens with zero attached hydrogens (tertiary/aromatic N) is 3. The molecule has 1 aliphatic rings. The number of rotatable bonds is 4. The molecule has 0 saturated heterocycles. The van der Waals surface area contributed by atoms with Gasteiger partial charge in [0.25, 0.3) is 11.5 Å². The second kappa shape index (κ2) is 7.15. The predicted octanol–water partition coefficient (Wildman–Crippen LogP) is 2.28. The van der Waals surface area contributed by atoms with Crippen molar-refractivity contribution >= 4 is 11.7 Å². The zero-order valence-corrected chi connectivity index (χ0v) is 15.4. The van der Waals surface area contributed by atoms with Crippen LogP contribution >= 0.6 is 0 Å². The number of nitrogens with one attached hydrogen (secondary N) is 1. The molecule has 0 radical (unpaired) electrons. The molecule has 0 unspecified atom stereocenters. The summed E-state index contributed by atoms with van der Waals surface area (Å²) in [6.07, 6.45) is 1.67. The number of amides is 1. The molecule has 0 spiro atoms. The maximum atomic E-state index is 12.9. The van der Waals surface area contributed by atoms with Crippen LogP contribution in [0.25, 0.3) is 0 Å². The minimum absolute atomic E-state index is 0.0746. The number of hydrogen-bond acceptors (Lipinski definition) is 6. The Kier molecular flexibility index (Phi) is 4.52. The molecule has 2 aromatic heterocycles. The Labute approximate surface area is 160 Å². The van der Waals surface area contributed by atoms with E-state index in [2.05, 4.69) is 15.5 Å². The topological polar surface area (TPSA) is 95.3 Å². The summed E-state index contributed by atoms with van der Waals surface area (Å²) in [5, 5.41) is 10.4. The Hall–Kier alpha value is -3.68. The zero-order valence-electron chi connectivity index (χ0n) is 15.4. The highest BCUT2D eigenvalue weighted by atomic mass is 16.7. The molecule has 0 aliphatic carbocycles. The Morgan fingerprint density at radius 2 is 1.93 bits per heavy atom. The fourth-order valence-electron chi connectivity index (χ4n) is 2.95. The normalized spacial score (nSPS) is 12.1. The lowest BCUT2D eigenvalue weighted by Crippen LogP contribution is -2.30. The van der Waals surface area contributed by atoms with Gasteiger partial charge in [-0.15, -0.1) is 5.10 Å². The summed E-state index contributed by atoms with van der Waals surface area (Å²) in [5.41, 5.74) is 1.89. The van der Waals surface area contributed by atoms with Gasteiger partial charge in [0, 0.05) is 6.20 Å². The number of aromatic nitrogens is 3. The third-order valence-electron chi connectivity index (χ3n) is 4.43. The van der Waals surface area contributed by atoms with Gasteiger partial charge in [0.05, 0.1) is 12.2 Å². The fraction of sp³-hybridized carbons (Fsp3) is 0.200. The highest BCUT2D eigenvalue weighted by Gasteiger charge is 2.18. The van der Waals surface area contributed by atoms with Crippen molar-refractivity contribution in [3.63, 3.8) is 0 Å². The Balaban J connectivity index is 1.61. The number of pyridine rings is 1. The monoisotopic (exact) mass is 378 g/mol. The first kappa shape index (κ1) is 17.7. The van der Waals surface area contributed by atoms with Gasteiger partial charge in [0.15, 0.2) is 17.3 Å². The van der Waals surface area contributed by atoms with Gasteiger partial charge in [-0.3, -0.25) is 9.59 Å². The first-order valence-corrected chi connectivity index (χ1v) is 8.71. The van der Waals surface area contributed by atoms with Crippen LogP contribution in [0.4, 0.5) is 5.82 Å². The first-order chi connectivity index (χ1) is 13.5. The van der Waals surface area contributed by atoms with Crippen LogP contribution in [0, 0.1) is 13.8 Å². The van der Waals surface area contributed by atoms with E-state index in [9.17, 15) is 9.59 Å². The van der Waals surface area contributed by atoms with E-state index < -0.39 is 5.91 Å². The van der Waals surface area contributed by atoms with Crippen molar-refractivity contribution < 1.29 is 14.3 Å². The van der Waals surface area contributed by atoms with E-state index in [1.54, 1.807) is 44.3 Å². The molecule has 8 nitrogen and oxygen atoms in total. The number of benzene rings is 1. The maximum Gasteiger partial charge on any atom is 0.263 e. The number of ether oxygens (including phenoxy) is 2. The lowest BCUT2D eigenvalue weighted by atomic mass is 10.1. The van der Waals surface area contributed by atoms with Gasteiger partial charge in [-0.2, -0.15) is 5.10 Å². The van der Waals surface area contributed by atoms with E-state index >= 15 is 0 Å². The lowest BCUT2D eigenvalue weighted by Gasteiger charge is -2.11. The lowest BCUT2D eigenvalue weighted by molar-refractivity contribution is 0.102. The molecule has 1 aromatic carbocycles. The van der Waals surface area contributed by atoms with E-state index in [-0.39, 0.29) is 17.9 Å². The third-order valence-corrected chi connectivity index (χ3v) is 4.43. The standard InChI is InChI=1S/C20H18N4O4/c1-12-7-8-24(10-14-4-5-15-16(9-14)28-11-27-15)20(26)18(12)19(25)21-17-6-3-13(2)22-23-17/h3-9H,10-11H2,1-2H3,(H,21,23,25). The summed E-state index contributed by atoms with van der Waals surface area (Å²) >= 11 is 0. The van der Waals surface area contributed by atoms with Crippen LogP contribution in [0.5, 0.6) is 11.5 Å². The largest absolute Gasteiger partial charge is 0.454 e. The smallest absolute Gasteiger partial charge is 0.263 e. The summed E-state index contributed by atoms with van der Waals surface area (Å²) in [7, 11) is 0. The van der Waals surface area contributed by atoms with Crippen molar-refractivity contribution in [3.05, 3.63) is 75.3 Å². The molecule has 3 aromatic rings. The Morgan fingerprint density at radius 3 is 2.71 bits per heavy atom. The van der Waals surface area contributed by atoms with Gasteiger partial charge in [0.1, 0.15) is 5.56 Å². The van der Waals surface area contributed by atoms with Crippen LogP contribution in [0.15, 0.2) is 47.4 Å². The van der Waals surface area contributed by atoms with E-state index in [1.165, 1.54) is 4.57 Å². The molecule has 0 fully saturated rings. The van der Waals surface area contributed by atoms with Gasteiger partial charge < -0.3 is 19.4 Å². The number of hydrogen-bond donors (Lipinski definition) is 1. The Bertz CT molecular complexity index is 1110. The SMILES string of the molecule is Cc1ccc(NC(=O)c2c(C)ccn(Cc3ccc4c(c3)OCO4)c2=O)nn1. The van der Waals surface area contributed by atoms with Crippen molar-refractivity contribution in [2.75, 3.05) is 12.1 Å². The van der Waals surface area contributed by atoms with E-state index in [0.29, 0.717) is 29.4 Å². The van der Waals surface area contributed by atoms with Crippen molar-refractivity contribution in [3.8, 4) is 11.5 Å². The van der Waals surface area contributed by atoms with Gasteiger partial charge >= 0.3 is 0 Å². The number of aryl methyl sites for hydroxylation is 2. The van der Waals surface area contributed by atoms with Crippen molar-refractivity contribution in [2.24, 2.45) is 0 Å². The second-order valence-corrected chi connectivity index (χ2v) is 6.51. The zero-order chi connectivity index (χ0) is 19.7. The molecule has 1 aliphatic heterocycles. The minimum Gasteiger partial charge on any atom is -0.454 e. The summed E-state index contributed by atoms with van der Waals surface area (Å²) in [6, 6.07) is 10.6. The summed E-state index contributed by atoms with van der Waals surface area (Å²) in [4.78, 5) is 25.6. The molecule has 28 heavy (non-hydrogen) atoms. The van der Waals surface area contributed by atoms with Crippen LogP contribution in [-0.4, -0.2) is 27.5 Å². The highest BCUT2D eigenvalue weighted by molar-refractivity contribution is 6.04. The van der Waals surface area contributed by atoms with Crippen molar-refractivity contribution in [1.29, 1.82) is 0 Å². The van der Waals surface area contributed by atoms with Crippen LogP contribution < -0.4 is 20.3 Å². The van der Waals surface area contributed by atoms with Crippen molar-refractivity contribution in [2.45, 2.75) is 20.4 Å². The molecule has 4 rings (SSSR count). The first-order valence-electron chi connectivity index (χ1n) is 8.71. The van der Waals surface area contributed by atoms with Crippen LogP contribution in [0.2, 0.25) is 0 Å². The molecule has 142 valence electrons. The fourth-order valence-corrected chi connectivity index (χ4v) is 2.95. The molecular weight excluding hydrogens is 360 g/mol. The van der Waals surface area contributed by atoms with Gasteiger partial charge in [0.2, 0.25) is 6.79 Å². The summed E-state index contributed by atoms with van der Waals surface area (Å²) < 4.78 is 12.2. The molecule has 0 bridgehead atoms. The van der Waals surface area contributed by atoms with Crippen LogP contribution in [0.3, 0.4) is 0 Å². The molecule has 3 heterocycles. The molecule has 1 N–H and O–H groups in total. The Morgan fingerprint density at radius 1 is 1.11 bits per heavy atom. The molecule has 1 amide bonds. The van der Waals surface area contributed by atoms with Crippen LogP contribution in [0.1, 0.15) is 27.2 Å². The molecular formula is C20H18N4O4. The van der Waals surface area contributed by atoms with Gasteiger partial charge in [-0.25, -0.2) is 0 Å². The van der Waals surface area contributed by atoms with E-state index in [4.69, 9.17) is 9.47 Å². The molecule has 0 saturated carbocycles. The van der Waals surface area contributed by atoms with E-state index in [0.717, 1.165) is 11.3 Å². The average molecular weight is 378 g/mol. The maximum absolute atomic E-state index is 12.9. The minimum atomic E-state index is -0.513.